The summed E-state index contributed by atoms with van der Waals surface area (Å²) in [6, 6.07) is 22.6. The lowest BCUT2D eigenvalue weighted by Crippen LogP contribution is -2.60. The molecule has 3 atom stereocenters. The molecule has 4 amide bonds. The summed E-state index contributed by atoms with van der Waals surface area (Å²) >= 11 is 0. The van der Waals surface area contributed by atoms with E-state index in [2.05, 4.69) is 10.6 Å². The highest BCUT2D eigenvalue weighted by Crippen LogP contribution is 2.18. The first-order valence-electron chi connectivity index (χ1n) is 18.9. The molecular weight excluding hydrogens is 732 g/mol. The Bertz CT molecular complexity index is 1750. The molecule has 57 heavy (non-hydrogen) atoms. The van der Waals surface area contributed by atoms with Crippen molar-refractivity contribution in [2.75, 3.05) is 20.7 Å². The molecule has 3 unspecified atom stereocenters. The minimum absolute atomic E-state index is 0.0202. The number of ether oxygens (including phenoxy) is 3. The summed E-state index contributed by atoms with van der Waals surface area (Å²) in [5, 5.41) is 6.11. The molecule has 14 nitrogen and oxygen atoms in total. The number of benzene rings is 3. The molecule has 3 rings (SSSR count). The number of likely N-dealkylation sites (N-methyl/N-ethyl adjacent to an activating group) is 1. The van der Waals surface area contributed by atoms with E-state index in [9.17, 15) is 28.8 Å². The second-order valence-corrected chi connectivity index (χ2v) is 14.9. The molecule has 0 fully saturated rings. The van der Waals surface area contributed by atoms with Crippen molar-refractivity contribution in [2.45, 2.75) is 97.2 Å². The van der Waals surface area contributed by atoms with Crippen LogP contribution in [-0.4, -0.2) is 90.1 Å². The van der Waals surface area contributed by atoms with E-state index in [1.165, 1.54) is 19.1 Å². The summed E-state index contributed by atoms with van der Waals surface area (Å²) < 4.78 is 16.4. The first kappa shape index (κ1) is 45.6. The maximum Gasteiger partial charge on any atom is 0.408 e. The zero-order valence-electron chi connectivity index (χ0n) is 33.9. The molecule has 14 heteroatoms. The Kier molecular flexibility index (Phi) is 18.2. The zero-order chi connectivity index (χ0) is 42.0. The molecule has 3 aromatic rings. The van der Waals surface area contributed by atoms with Crippen molar-refractivity contribution in [3.63, 3.8) is 0 Å². The number of hydrogen-bond donors (Lipinski definition) is 2. The van der Waals surface area contributed by atoms with Crippen LogP contribution in [0.1, 0.15) is 70.6 Å². The van der Waals surface area contributed by atoms with Gasteiger partial charge in [-0.3, -0.25) is 28.8 Å². The van der Waals surface area contributed by atoms with Crippen LogP contribution in [0.3, 0.4) is 0 Å². The number of rotatable bonds is 20. The van der Waals surface area contributed by atoms with Crippen LogP contribution in [0, 0.1) is 5.92 Å². The van der Waals surface area contributed by atoms with Crippen LogP contribution in [0.25, 0.3) is 0 Å². The van der Waals surface area contributed by atoms with Gasteiger partial charge in [0.05, 0.1) is 20.0 Å². The summed E-state index contributed by atoms with van der Waals surface area (Å²) in [5.41, 5.74) is 1.20. The van der Waals surface area contributed by atoms with E-state index in [1.807, 2.05) is 26.0 Å². The lowest BCUT2D eigenvalue weighted by Gasteiger charge is -2.35. The number of carbonyl (C=O) groups is 6. The van der Waals surface area contributed by atoms with Gasteiger partial charge in [-0.15, -0.1) is 0 Å². The monoisotopic (exact) mass is 788 g/mol. The molecule has 0 aliphatic carbocycles. The second kappa shape index (κ2) is 22.7. The van der Waals surface area contributed by atoms with Crippen molar-refractivity contribution >= 4 is 35.8 Å². The van der Waals surface area contributed by atoms with Gasteiger partial charge >= 0.3 is 18.0 Å². The minimum atomic E-state index is -1.51. The molecule has 0 spiro atoms. The van der Waals surface area contributed by atoms with Gasteiger partial charge in [-0.2, -0.15) is 0 Å². The maximum atomic E-state index is 14.8. The number of esters is 2. The first-order valence-corrected chi connectivity index (χ1v) is 18.9. The van der Waals surface area contributed by atoms with Gasteiger partial charge < -0.3 is 29.7 Å². The number of nitrogens with one attached hydrogen (secondary N) is 2. The standard InChI is InChI=1S/C43H56N4O10/c1-30(2)23-24-47(41(52)35(45-42(53)57-43(3,4)5)27-38(49)56-29-33-21-15-10-16-22-33)36(25-31-17-11-8-12-18-31)39(50)44-34(40(51)46(6)54-7)26-37(48)55-28-32-19-13-9-14-20-32/h8-22,30,34-36H,23-29H2,1-7H3,(H,44,50)(H,45,53). The van der Waals surface area contributed by atoms with Gasteiger partial charge in [-0.1, -0.05) is 105 Å². The summed E-state index contributed by atoms with van der Waals surface area (Å²) in [5.74, 6) is -3.73. The van der Waals surface area contributed by atoms with E-state index in [1.54, 1.807) is 99.6 Å². The lowest BCUT2D eigenvalue weighted by molar-refractivity contribution is -0.173. The Balaban J connectivity index is 2.01. The number of hydroxylamine groups is 2. The van der Waals surface area contributed by atoms with E-state index >= 15 is 0 Å². The maximum absolute atomic E-state index is 14.8. The predicted octanol–water partition coefficient (Wildman–Crippen LogP) is 5.14. The second-order valence-electron chi connectivity index (χ2n) is 14.9. The van der Waals surface area contributed by atoms with Crippen LogP contribution in [0.15, 0.2) is 91.0 Å². The number of carbonyl (C=O) groups excluding carboxylic acids is 6. The highest BCUT2D eigenvalue weighted by molar-refractivity contribution is 5.96. The van der Waals surface area contributed by atoms with Gasteiger partial charge in [0, 0.05) is 20.0 Å². The average molecular weight is 789 g/mol. The normalized spacial score (nSPS) is 12.7. The highest BCUT2D eigenvalue weighted by Gasteiger charge is 2.39. The smallest absolute Gasteiger partial charge is 0.408 e. The number of amides is 4. The van der Waals surface area contributed by atoms with Gasteiger partial charge in [0.25, 0.3) is 5.91 Å². The topological polar surface area (TPSA) is 170 Å². The van der Waals surface area contributed by atoms with Gasteiger partial charge in [0.15, 0.2) is 0 Å². The predicted molar refractivity (Wildman–Crippen MR) is 212 cm³/mol. The summed E-state index contributed by atoms with van der Waals surface area (Å²) in [4.78, 5) is 88.8. The fraction of sp³-hybridized carbons (Fsp3) is 0.442. The lowest BCUT2D eigenvalue weighted by atomic mass is 10.00. The molecule has 0 bridgehead atoms. The Labute approximate surface area is 335 Å². The molecule has 0 aromatic heterocycles. The highest BCUT2D eigenvalue weighted by atomic mass is 16.7. The van der Waals surface area contributed by atoms with E-state index in [4.69, 9.17) is 19.0 Å². The fourth-order valence-corrected chi connectivity index (χ4v) is 5.55. The first-order chi connectivity index (χ1) is 27.1. The van der Waals surface area contributed by atoms with Crippen LogP contribution >= 0.6 is 0 Å². The molecule has 3 aromatic carbocycles. The Morgan fingerprint density at radius 1 is 0.667 bits per heavy atom. The van der Waals surface area contributed by atoms with E-state index in [0.29, 0.717) is 12.0 Å². The van der Waals surface area contributed by atoms with Crippen LogP contribution in [0.5, 0.6) is 0 Å². The third-order valence-corrected chi connectivity index (χ3v) is 8.60. The molecule has 0 saturated carbocycles. The zero-order valence-corrected chi connectivity index (χ0v) is 33.9. The number of hydrogen-bond acceptors (Lipinski definition) is 10. The quantitative estimate of drug-likeness (QED) is 0.0889. The molecule has 0 aliphatic rings. The minimum Gasteiger partial charge on any atom is -0.461 e. The molecule has 2 N–H and O–H groups in total. The summed E-state index contributed by atoms with van der Waals surface area (Å²) in [6.07, 6.45) is -1.66. The van der Waals surface area contributed by atoms with E-state index in [0.717, 1.165) is 16.2 Å². The van der Waals surface area contributed by atoms with Crippen LogP contribution in [0.4, 0.5) is 4.79 Å². The molecule has 0 aliphatic heterocycles. The van der Waals surface area contributed by atoms with Gasteiger partial charge in [-0.25, -0.2) is 9.86 Å². The Morgan fingerprint density at radius 3 is 1.56 bits per heavy atom. The van der Waals surface area contributed by atoms with Gasteiger partial charge in [-0.05, 0) is 49.8 Å². The fourth-order valence-electron chi connectivity index (χ4n) is 5.55. The van der Waals surface area contributed by atoms with Gasteiger partial charge in [0.2, 0.25) is 11.8 Å². The summed E-state index contributed by atoms with van der Waals surface area (Å²) in [6.45, 7) is 8.77. The van der Waals surface area contributed by atoms with Crippen molar-refractivity contribution in [1.29, 1.82) is 0 Å². The molecule has 0 radical (unpaired) electrons. The largest absolute Gasteiger partial charge is 0.461 e. The van der Waals surface area contributed by atoms with E-state index in [-0.39, 0.29) is 32.1 Å². The van der Waals surface area contributed by atoms with Crippen molar-refractivity contribution in [2.24, 2.45) is 5.92 Å². The molecular formula is C43H56N4O10. The average Bonchev–Trinajstić information content (AvgIpc) is 3.18. The third-order valence-electron chi connectivity index (χ3n) is 8.60. The van der Waals surface area contributed by atoms with Crippen LogP contribution < -0.4 is 10.6 Å². The molecule has 0 heterocycles. The van der Waals surface area contributed by atoms with E-state index < -0.39 is 72.3 Å². The van der Waals surface area contributed by atoms with Crippen molar-refractivity contribution in [3.05, 3.63) is 108 Å². The number of alkyl carbamates (subject to hydrolysis) is 1. The van der Waals surface area contributed by atoms with Crippen molar-refractivity contribution < 1.29 is 47.8 Å². The van der Waals surface area contributed by atoms with Crippen molar-refractivity contribution in [3.8, 4) is 0 Å². The van der Waals surface area contributed by atoms with Crippen molar-refractivity contribution in [1.82, 2.24) is 20.6 Å². The molecule has 0 saturated heterocycles. The third kappa shape index (κ3) is 16.5. The Hall–Kier alpha value is -5.76. The Morgan fingerprint density at radius 2 is 1.12 bits per heavy atom. The SMILES string of the molecule is CON(C)C(=O)C(CC(=O)OCc1ccccc1)NC(=O)C(Cc1ccccc1)N(CCC(C)C)C(=O)C(CC(=O)OCc1ccccc1)NC(=O)OC(C)(C)C. The van der Waals surface area contributed by atoms with Gasteiger partial charge in [0.1, 0.15) is 36.9 Å². The number of nitrogens with zero attached hydrogens (tertiary/aromatic N) is 2. The molecule has 308 valence electrons. The van der Waals surface area contributed by atoms with Crippen LogP contribution in [-0.2, 0) is 62.7 Å². The summed E-state index contributed by atoms with van der Waals surface area (Å²) in [7, 11) is 2.60. The van der Waals surface area contributed by atoms with Crippen LogP contribution in [0.2, 0.25) is 0 Å².